The van der Waals surface area contributed by atoms with E-state index in [0.29, 0.717) is 26.1 Å². The Morgan fingerprint density at radius 1 is 1.45 bits per heavy atom. The second-order valence-electron chi connectivity index (χ2n) is 4.44. The van der Waals surface area contributed by atoms with E-state index in [-0.39, 0.29) is 17.0 Å². The van der Waals surface area contributed by atoms with Crippen LogP contribution >= 0.6 is 11.6 Å². The van der Waals surface area contributed by atoms with Crippen molar-refractivity contribution in [2.75, 3.05) is 26.8 Å². The van der Waals surface area contributed by atoms with E-state index < -0.39 is 5.82 Å². The Morgan fingerprint density at radius 2 is 2.20 bits per heavy atom. The van der Waals surface area contributed by atoms with Crippen LogP contribution in [0.4, 0.5) is 4.39 Å². The van der Waals surface area contributed by atoms with Crippen molar-refractivity contribution in [3.05, 3.63) is 34.6 Å². The van der Waals surface area contributed by atoms with Crippen LogP contribution < -0.4 is 10.6 Å². The van der Waals surface area contributed by atoms with Crippen molar-refractivity contribution in [3.63, 3.8) is 0 Å². The molecule has 1 rings (SSSR count). The molecular weight excluding hydrogens is 283 g/mol. The second kappa shape index (κ2) is 8.89. The molecule has 0 aliphatic heterocycles. The van der Waals surface area contributed by atoms with Crippen LogP contribution in [0.1, 0.15) is 24.9 Å². The van der Waals surface area contributed by atoms with Crippen molar-refractivity contribution in [1.82, 2.24) is 10.6 Å². The van der Waals surface area contributed by atoms with E-state index >= 15 is 0 Å². The number of halogens is 2. The van der Waals surface area contributed by atoms with Gasteiger partial charge in [0.2, 0.25) is 5.91 Å². The highest BCUT2D eigenvalue weighted by atomic mass is 35.5. The molecule has 0 bridgehead atoms. The number of benzene rings is 1. The Labute approximate surface area is 123 Å². The van der Waals surface area contributed by atoms with Gasteiger partial charge in [-0.2, -0.15) is 0 Å². The fourth-order valence-corrected chi connectivity index (χ4v) is 1.87. The first-order valence-electron chi connectivity index (χ1n) is 6.48. The molecule has 1 amide bonds. The largest absolute Gasteiger partial charge is 0.383 e. The summed E-state index contributed by atoms with van der Waals surface area (Å²) in [5.41, 5.74) is 0.885. The molecule has 0 saturated heterocycles. The molecule has 0 aliphatic rings. The molecule has 1 aromatic carbocycles. The summed E-state index contributed by atoms with van der Waals surface area (Å²) in [6.07, 6.45) is 0.378. The first-order chi connectivity index (χ1) is 9.54. The van der Waals surface area contributed by atoms with Gasteiger partial charge >= 0.3 is 0 Å². The van der Waals surface area contributed by atoms with E-state index in [0.717, 1.165) is 5.56 Å². The van der Waals surface area contributed by atoms with Crippen molar-refractivity contribution >= 4 is 17.5 Å². The van der Waals surface area contributed by atoms with Crippen molar-refractivity contribution < 1.29 is 13.9 Å². The molecular formula is C14H20ClFN2O2. The summed E-state index contributed by atoms with van der Waals surface area (Å²) in [4.78, 5) is 11.5. The summed E-state index contributed by atoms with van der Waals surface area (Å²) < 4.78 is 17.9. The molecule has 0 radical (unpaired) electrons. The third-order valence-electron chi connectivity index (χ3n) is 2.87. The SMILES string of the molecule is COCCNC(=O)CCNC(C)c1ccc(F)c(Cl)c1. The van der Waals surface area contributed by atoms with Gasteiger partial charge in [-0.3, -0.25) is 4.79 Å². The molecule has 0 fully saturated rings. The van der Waals surface area contributed by atoms with E-state index in [4.69, 9.17) is 16.3 Å². The Hall–Kier alpha value is -1.17. The lowest BCUT2D eigenvalue weighted by Gasteiger charge is -2.14. The maximum atomic E-state index is 13.1. The van der Waals surface area contributed by atoms with Crippen molar-refractivity contribution in [3.8, 4) is 0 Å². The second-order valence-corrected chi connectivity index (χ2v) is 4.85. The van der Waals surface area contributed by atoms with Crippen molar-refractivity contribution in [1.29, 1.82) is 0 Å². The number of hydrogen-bond donors (Lipinski definition) is 2. The molecule has 0 aromatic heterocycles. The van der Waals surface area contributed by atoms with Crippen LogP contribution in [0.3, 0.4) is 0 Å². The fraction of sp³-hybridized carbons (Fsp3) is 0.500. The molecule has 0 aliphatic carbocycles. The van der Waals surface area contributed by atoms with Gasteiger partial charge in [0.15, 0.2) is 0 Å². The van der Waals surface area contributed by atoms with Crippen LogP contribution in [0.2, 0.25) is 5.02 Å². The fourth-order valence-electron chi connectivity index (χ4n) is 1.68. The highest BCUT2D eigenvalue weighted by Crippen LogP contribution is 2.20. The molecule has 4 nitrogen and oxygen atoms in total. The average molecular weight is 303 g/mol. The quantitative estimate of drug-likeness (QED) is 0.724. The molecule has 1 aromatic rings. The standard InChI is InChI=1S/C14H20ClFN2O2/c1-10(11-3-4-13(16)12(15)9-11)17-6-5-14(19)18-7-8-20-2/h3-4,9-10,17H,5-8H2,1-2H3,(H,18,19). The highest BCUT2D eigenvalue weighted by molar-refractivity contribution is 6.30. The van der Waals surface area contributed by atoms with Crippen LogP contribution in [0.15, 0.2) is 18.2 Å². The Kier molecular flexibility index (Phi) is 7.51. The summed E-state index contributed by atoms with van der Waals surface area (Å²) in [5, 5.41) is 6.04. The number of carbonyl (C=O) groups excluding carboxylic acids is 1. The van der Waals surface area contributed by atoms with Gasteiger partial charge in [0, 0.05) is 32.7 Å². The first kappa shape index (κ1) is 16.9. The minimum atomic E-state index is -0.430. The maximum Gasteiger partial charge on any atom is 0.221 e. The number of carbonyl (C=O) groups is 1. The number of methoxy groups -OCH3 is 1. The van der Waals surface area contributed by atoms with Gasteiger partial charge in [0.1, 0.15) is 5.82 Å². The number of rotatable bonds is 8. The molecule has 0 spiro atoms. The Bertz CT molecular complexity index is 443. The van der Waals surface area contributed by atoms with Gasteiger partial charge in [0.05, 0.1) is 11.6 Å². The van der Waals surface area contributed by atoms with Gasteiger partial charge in [-0.1, -0.05) is 17.7 Å². The highest BCUT2D eigenvalue weighted by Gasteiger charge is 2.08. The van der Waals surface area contributed by atoms with Crippen LogP contribution in [0.5, 0.6) is 0 Å². The van der Waals surface area contributed by atoms with Gasteiger partial charge in [0.25, 0.3) is 0 Å². The summed E-state index contributed by atoms with van der Waals surface area (Å²) in [7, 11) is 1.59. The van der Waals surface area contributed by atoms with E-state index in [1.54, 1.807) is 19.2 Å². The van der Waals surface area contributed by atoms with E-state index in [2.05, 4.69) is 10.6 Å². The Balaban J connectivity index is 2.30. The molecule has 20 heavy (non-hydrogen) atoms. The number of ether oxygens (including phenoxy) is 1. The lowest BCUT2D eigenvalue weighted by Crippen LogP contribution is -2.30. The van der Waals surface area contributed by atoms with Crippen LogP contribution in [-0.4, -0.2) is 32.7 Å². The van der Waals surface area contributed by atoms with Crippen LogP contribution in [0.25, 0.3) is 0 Å². The van der Waals surface area contributed by atoms with Gasteiger partial charge in [-0.15, -0.1) is 0 Å². The molecule has 6 heteroatoms. The summed E-state index contributed by atoms with van der Waals surface area (Å²) in [6.45, 7) is 3.49. The van der Waals surface area contributed by atoms with Gasteiger partial charge in [-0.25, -0.2) is 4.39 Å². The van der Waals surface area contributed by atoms with Crippen LogP contribution in [-0.2, 0) is 9.53 Å². The van der Waals surface area contributed by atoms with Crippen molar-refractivity contribution in [2.24, 2.45) is 0 Å². The molecule has 2 N–H and O–H groups in total. The van der Waals surface area contributed by atoms with E-state index in [9.17, 15) is 9.18 Å². The molecule has 112 valence electrons. The minimum absolute atomic E-state index is 0.000116. The third kappa shape index (κ3) is 5.86. The lowest BCUT2D eigenvalue weighted by atomic mass is 10.1. The maximum absolute atomic E-state index is 13.1. The zero-order valence-corrected chi connectivity index (χ0v) is 12.5. The smallest absolute Gasteiger partial charge is 0.221 e. The van der Waals surface area contributed by atoms with Gasteiger partial charge < -0.3 is 15.4 Å². The zero-order chi connectivity index (χ0) is 15.0. The minimum Gasteiger partial charge on any atom is -0.383 e. The molecule has 0 saturated carbocycles. The first-order valence-corrected chi connectivity index (χ1v) is 6.86. The molecule has 0 heterocycles. The van der Waals surface area contributed by atoms with E-state index in [1.165, 1.54) is 6.07 Å². The predicted octanol–water partition coefficient (Wildman–Crippen LogP) is 2.28. The van der Waals surface area contributed by atoms with Gasteiger partial charge in [-0.05, 0) is 24.6 Å². The summed E-state index contributed by atoms with van der Waals surface area (Å²) in [5.74, 6) is -0.459. The van der Waals surface area contributed by atoms with E-state index in [1.807, 2.05) is 6.92 Å². The molecule has 1 atom stereocenters. The topological polar surface area (TPSA) is 50.4 Å². The van der Waals surface area contributed by atoms with Crippen molar-refractivity contribution in [2.45, 2.75) is 19.4 Å². The normalized spacial score (nSPS) is 12.2. The Morgan fingerprint density at radius 3 is 2.85 bits per heavy atom. The third-order valence-corrected chi connectivity index (χ3v) is 3.16. The summed E-state index contributed by atoms with van der Waals surface area (Å²) in [6, 6.07) is 4.61. The molecule has 1 unspecified atom stereocenters. The van der Waals surface area contributed by atoms with Crippen LogP contribution in [0, 0.1) is 5.82 Å². The summed E-state index contributed by atoms with van der Waals surface area (Å²) >= 11 is 5.73. The lowest BCUT2D eigenvalue weighted by molar-refractivity contribution is -0.121. The number of nitrogens with one attached hydrogen (secondary N) is 2. The number of amides is 1. The number of hydrogen-bond acceptors (Lipinski definition) is 3. The predicted molar refractivity (Wildman–Crippen MR) is 77.3 cm³/mol. The zero-order valence-electron chi connectivity index (χ0n) is 11.7. The monoisotopic (exact) mass is 302 g/mol. The average Bonchev–Trinajstić information content (AvgIpc) is 2.42.